The summed E-state index contributed by atoms with van der Waals surface area (Å²) in [5, 5.41) is 0. The number of rotatable bonds is 12. The van der Waals surface area contributed by atoms with Crippen LogP contribution in [0.5, 0.6) is 0 Å². The van der Waals surface area contributed by atoms with E-state index in [1.807, 2.05) is 0 Å². The predicted molar refractivity (Wildman–Crippen MR) is 79.4 cm³/mol. The van der Waals surface area contributed by atoms with Gasteiger partial charge >= 0.3 is 15.3 Å². The van der Waals surface area contributed by atoms with Crippen LogP contribution in [0.15, 0.2) is 12.2 Å². The molecule has 0 aliphatic carbocycles. The molecule has 0 aromatic carbocycles. The van der Waals surface area contributed by atoms with Crippen LogP contribution in [0.25, 0.3) is 0 Å². The van der Waals surface area contributed by atoms with Gasteiger partial charge in [0.25, 0.3) is 0 Å². The molecule has 5 heteroatoms. The molecular formula is C14H28O4Si. The van der Waals surface area contributed by atoms with Crippen LogP contribution in [0.3, 0.4) is 0 Å². The third kappa shape index (κ3) is 10.9. The van der Waals surface area contributed by atoms with Crippen LogP contribution in [-0.4, -0.2) is 35.1 Å². The van der Waals surface area contributed by atoms with Crippen LogP contribution in [0, 0.1) is 0 Å². The lowest BCUT2D eigenvalue weighted by Crippen LogP contribution is -2.26. The zero-order valence-electron chi connectivity index (χ0n) is 12.6. The number of carbonyl (C=O) groups excluding carboxylic acids is 1. The molecule has 0 unspecified atom stereocenters. The van der Waals surface area contributed by atoms with E-state index in [0.29, 0.717) is 18.2 Å². The van der Waals surface area contributed by atoms with Gasteiger partial charge in [0.05, 0.1) is 6.61 Å². The Labute approximate surface area is 119 Å². The van der Waals surface area contributed by atoms with E-state index in [-0.39, 0.29) is 5.97 Å². The van der Waals surface area contributed by atoms with Gasteiger partial charge in [0.2, 0.25) is 0 Å². The summed E-state index contributed by atoms with van der Waals surface area (Å²) in [6, 6.07) is 0.701. The van der Waals surface area contributed by atoms with Crippen molar-refractivity contribution < 1.29 is 18.4 Å². The van der Waals surface area contributed by atoms with E-state index in [4.69, 9.17) is 13.6 Å². The lowest BCUT2D eigenvalue weighted by Gasteiger charge is -2.16. The molecule has 0 N–H and O–H groups in total. The Kier molecular flexibility index (Phi) is 12.0. The molecule has 0 radical (unpaired) electrons. The van der Waals surface area contributed by atoms with Gasteiger partial charge in [0, 0.05) is 24.8 Å². The molecule has 0 heterocycles. The second-order valence-electron chi connectivity index (χ2n) is 4.58. The number of carbonyl (C=O) groups is 1. The molecule has 4 nitrogen and oxygen atoms in total. The SMILES string of the molecule is C=C(C)C(=O)OCC[SiH](OCCCC)OCCCC. The standard InChI is InChI=1S/C14H28O4Si/c1-5-7-9-17-19(18-10-8-6-2)12-11-16-14(15)13(3)4/h19H,3,5-12H2,1-2,4H3. The smallest absolute Gasteiger partial charge is 0.333 e. The topological polar surface area (TPSA) is 44.8 Å². The molecule has 112 valence electrons. The van der Waals surface area contributed by atoms with Gasteiger partial charge in [-0.1, -0.05) is 33.3 Å². The van der Waals surface area contributed by atoms with Crippen molar-refractivity contribution in [3.63, 3.8) is 0 Å². The number of unbranched alkanes of at least 4 members (excludes halogenated alkanes) is 2. The zero-order chi connectivity index (χ0) is 14.5. The van der Waals surface area contributed by atoms with Crippen LogP contribution < -0.4 is 0 Å². The van der Waals surface area contributed by atoms with Crippen molar-refractivity contribution in [1.82, 2.24) is 0 Å². The molecule has 0 bridgehead atoms. The monoisotopic (exact) mass is 288 g/mol. The van der Waals surface area contributed by atoms with Crippen molar-refractivity contribution >= 4 is 15.3 Å². The molecule has 0 aliphatic rings. The quantitative estimate of drug-likeness (QED) is 0.240. The van der Waals surface area contributed by atoms with Crippen molar-refractivity contribution in [1.29, 1.82) is 0 Å². The summed E-state index contributed by atoms with van der Waals surface area (Å²) in [4.78, 5) is 11.3. The molecule has 0 amide bonds. The fourth-order valence-corrected chi connectivity index (χ4v) is 2.90. The van der Waals surface area contributed by atoms with Gasteiger partial charge in [-0.15, -0.1) is 0 Å². The van der Waals surface area contributed by atoms with Gasteiger partial charge < -0.3 is 13.6 Å². The molecule has 0 atom stereocenters. The molecule has 0 saturated heterocycles. The summed E-state index contributed by atoms with van der Waals surface area (Å²) in [5.74, 6) is -0.338. The fourth-order valence-electron chi connectivity index (χ4n) is 1.30. The minimum Gasteiger partial charge on any atom is -0.462 e. The van der Waals surface area contributed by atoms with E-state index < -0.39 is 9.28 Å². The van der Waals surface area contributed by atoms with Crippen molar-refractivity contribution in [2.75, 3.05) is 19.8 Å². The van der Waals surface area contributed by atoms with Crippen LogP contribution in [0.2, 0.25) is 6.04 Å². The Hall–Kier alpha value is -0.653. The normalized spacial score (nSPS) is 10.7. The summed E-state index contributed by atoms with van der Waals surface area (Å²) in [7, 11) is -1.69. The van der Waals surface area contributed by atoms with Gasteiger partial charge in [-0.3, -0.25) is 0 Å². The maximum absolute atomic E-state index is 11.3. The van der Waals surface area contributed by atoms with E-state index >= 15 is 0 Å². The third-order valence-electron chi connectivity index (χ3n) is 2.54. The maximum atomic E-state index is 11.3. The summed E-state index contributed by atoms with van der Waals surface area (Å²) in [6.45, 7) is 11.3. The highest BCUT2D eigenvalue weighted by molar-refractivity contribution is 6.44. The van der Waals surface area contributed by atoms with Crippen LogP contribution in [-0.2, 0) is 18.4 Å². The second-order valence-corrected chi connectivity index (χ2v) is 6.69. The summed E-state index contributed by atoms with van der Waals surface area (Å²) in [5.41, 5.74) is 0.428. The van der Waals surface area contributed by atoms with Crippen molar-refractivity contribution in [3.05, 3.63) is 12.2 Å². The fraction of sp³-hybridized carbons (Fsp3) is 0.786. The van der Waals surface area contributed by atoms with Crippen LogP contribution in [0.4, 0.5) is 0 Å². The highest BCUT2D eigenvalue weighted by Crippen LogP contribution is 2.03. The second kappa shape index (κ2) is 12.4. The van der Waals surface area contributed by atoms with Crippen molar-refractivity contribution in [2.24, 2.45) is 0 Å². The van der Waals surface area contributed by atoms with E-state index in [1.54, 1.807) is 6.92 Å². The molecule has 0 spiro atoms. The molecule has 0 rings (SSSR count). The Bertz CT molecular complexity index is 246. The largest absolute Gasteiger partial charge is 0.462 e. The summed E-state index contributed by atoms with van der Waals surface area (Å²) in [6.07, 6.45) is 4.32. The number of esters is 1. The molecule has 19 heavy (non-hydrogen) atoms. The molecule has 0 saturated carbocycles. The molecule has 0 fully saturated rings. The first kappa shape index (κ1) is 18.3. The molecular weight excluding hydrogens is 260 g/mol. The average Bonchev–Trinajstić information content (AvgIpc) is 2.38. The van der Waals surface area contributed by atoms with Gasteiger partial charge in [-0.05, 0) is 19.8 Å². The van der Waals surface area contributed by atoms with Gasteiger partial charge in [-0.25, -0.2) is 4.79 Å². The predicted octanol–water partition coefficient (Wildman–Crippen LogP) is 2.96. The van der Waals surface area contributed by atoms with E-state index in [1.165, 1.54) is 0 Å². The van der Waals surface area contributed by atoms with E-state index in [2.05, 4.69) is 20.4 Å². The summed E-state index contributed by atoms with van der Waals surface area (Å²) >= 11 is 0. The first-order chi connectivity index (χ1) is 9.11. The Morgan fingerprint density at radius 2 is 1.58 bits per heavy atom. The average molecular weight is 288 g/mol. The van der Waals surface area contributed by atoms with Crippen LogP contribution in [0.1, 0.15) is 46.5 Å². The Balaban J connectivity index is 3.88. The molecule has 0 aromatic heterocycles. The van der Waals surface area contributed by atoms with E-state index in [9.17, 15) is 4.79 Å². The van der Waals surface area contributed by atoms with Crippen LogP contribution >= 0.6 is 0 Å². The maximum Gasteiger partial charge on any atom is 0.333 e. The van der Waals surface area contributed by atoms with Crippen molar-refractivity contribution in [3.8, 4) is 0 Å². The van der Waals surface area contributed by atoms with Gasteiger partial charge in [-0.2, -0.15) is 0 Å². The highest BCUT2D eigenvalue weighted by atomic mass is 28.3. The first-order valence-electron chi connectivity index (χ1n) is 7.17. The number of hydrogen-bond donors (Lipinski definition) is 0. The highest BCUT2D eigenvalue weighted by Gasteiger charge is 2.14. The lowest BCUT2D eigenvalue weighted by molar-refractivity contribution is -0.138. The summed E-state index contributed by atoms with van der Waals surface area (Å²) < 4.78 is 16.6. The van der Waals surface area contributed by atoms with Gasteiger partial charge in [0.15, 0.2) is 0 Å². The number of ether oxygens (including phenoxy) is 1. The Morgan fingerprint density at radius 1 is 1.05 bits per heavy atom. The Morgan fingerprint density at radius 3 is 2.00 bits per heavy atom. The first-order valence-corrected chi connectivity index (χ1v) is 8.93. The van der Waals surface area contributed by atoms with Gasteiger partial charge in [0.1, 0.15) is 0 Å². The molecule has 0 aromatic rings. The number of hydrogen-bond acceptors (Lipinski definition) is 4. The van der Waals surface area contributed by atoms with Crippen molar-refractivity contribution in [2.45, 2.75) is 52.5 Å². The zero-order valence-corrected chi connectivity index (χ0v) is 13.7. The molecule has 0 aliphatic heterocycles. The third-order valence-corrected chi connectivity index (χ3v) is 4.46. The minimum atomic E-state index is -1.69. The minimum absolute atomic E-state index is 0.338. The van der Waals surface area contributed by atoms with E-state index in [0.717, 1.165) is 38.9 Å². The lowest BCUT2D eigenvalue weighted by atomic mass is 10.4.